The molecule has 0 N–H and O–H groups in total. The highest BCUT2D eigenvalue weighted by Gasteiger charge is 2.30. The van der Waals surface area contributed by atoms with Crippen LogP contribution in [0.4, 0.5) is 13.2 Å². The third-order valence-corrected chi connectivity index (χ3v) is 9.47. The number of piperidine rings is 1. The quantitative estimate of drug-likeness (QED) is 0.133. The number of ether oxygens (including phenoxy) is 1. The molecule has 1 aliphatic heterocycles. The molecule has 0 aliphatic carbocycles. The zero-order valence-electron chi connectivity index (χ0n) is 26.6. The molecule has 0 saturated carbocycles. The monoisotopic (exact) mass is 669 g/mol. The maximum atomic E-state index is 13.5. The minimum atomic E-state index is -4.42. The van der Waals surface area contributed by atoms with Crippen LogP contribution in [0.2, 0.25) is 0 Å². The van der Waals surface area contributed by atoms with Crippen LogP contribution >= 0.6 is 11.3 Å². The number of rotatable bonds is 12. The highest BCUT2D eigenvalue weighted by Crippen LogP contribution is 2.30. The van der Waals surface area contributed by atoms with Gasteiger partial charge in [0.25, 0.3) is 5.91 Å². The number of aromatic nitrogens is 1. The van der Waals surface area contributed by atoms with E-state index >= 15 is 0 Å². The van der Waals surface area contributed by atoms with Crippen molar-refractivity contribution in [3.05, 3.63) is 153 Å². The number of benzene rings is 4. The van der Waals surface area contributed by atoms with Crippen molar-refractivity contribution in [3.63, 3.8) is 0 Å². The smallest absolute Gasteiger partial charge is 0.416 e. The van der Waals surface area contributed by atoms with E-state index in [4.69, 9.17) is 9.72 Å². The Balaban J connectivity index is 1.10. The highest BCUT2D eigenvalue weighted by molar-refractivity contribution is 7.09. The van der Waals surface area contributed by atoms with Crippen LogP contribution in [0, 0.1) is 5.92 Å². The standard InChI is InChI=1S/C39H38F3N3O2S/c40-39(41,42)34-13-7-12-33(23-34)25-44(24-31-14-16-35(17-15-31)47-27-32-10-5-2-6-11-32)26-37-43-36(28-48-37)38(46)45-20-18-30(19-21-45)22-29-8-3-1-4-9-29/h1-17,23,28,30H,18-22,24-27H2. The lowest BCUT2D eigenvalue weighted by molar-refractivity contribution is -0.137. The molecule has 0 bridgehead atoms. The summed E-state index contributed by atoms with van der Waals surface area (Å²) in [5.41, 5.74) is 3.69. The van der Waals surface area contributed by atoms with E-state index in [-0.39, 0.29) is 12.5 Å². The molecule has 5 nitrogen and oxygen atoms in total. The topological polar surface area (TPSA) is 45.7 Å². The van der Waals surface area contributed by atoms with Crippen molar-refractivity contribution in [2.24, 2.45) is 5.92 Å². The van der Waals surface area contributed by atoms with Crippen molar-refractivity contribution in [2.45, 2.75) is 51.7 Å². The number of thiazole rings is 1. The van der Waals surface area contributed by atoms with Crippen LogP contribution in [0.5, 0.6) is 5.75 Å². The van der Waals surface area contributed by atoms with E-state index in [1.54, 1.807) is 11.4 Å². The molecule has 1 saturated heterocycles. The molecule has 1 aliphatic rings. The van der Waals surface area contributed by atoms with Gasteiger partial charge in [0.2, 0.25) is 0 Å². The van der Waals surface area contributed by atoms with Gasteiger partial charge in [-0.2, -0.15) is 13.2 Å². The molecule has 6 rings (SSSR count). The van der Waals surface area contributed by atoms with E-state index in [1.165, 1.54) is 29.0 Å². The zero-order valence-corrected chi connectivity index (χ0v) is 27.4. The van der Waals surface area contributed by atoms with Crippen molar-refractivity contribution in [1.29, 1.82) is 0 Å². The van der Waals surface area contributed by atoms with E-state index in [0.717, 1.165) is 47.2 Å². The minimum Gasteiger partial charge on any atom is -0.489 e. The number of likely N-dealkylation sites (tertiary alicyclic amines) is 1. The number of amides is 1. The Morgan fingerprint density at radius 2 is 1.44 bits per heavy atom. The molecule has 0 unspecified atom stereocenters. The van der Waals surface area contributed by atoms with Crippen molar-refractivity contribution in [2.75, 3.05) is 13.1 Å². The number of hydrogen-bond acceptors (Lipinski definition) is 5. The van der Waals surface area contributed by atoms with Gasteiger partial charge in [-0.15, -0.1) is 11.3 Å². The fourth-order valence-electron chi connectivity index (χ4n) is 6.08. The van der Waals surface area contributed by atoms with Crippen LogP contribution in [0.25, 0.3) is 0 Å². The van der Waals surface area contributed by atoms with Crippen molar-refractivity contribution >= 4 is 17.2 Å². The number of halogens is 3. The predicted molar refractivity (Wildman–Crippen MR) is 182 cm³/mol. The SMILES string of the molecule is O=C(c1csc(CN(Cc2ccc(OCc3ccccc3)cc2)Cc2cccc(C(F)(F)F)c2)n1)N1CCC(Cc2ccccc2)CC1. The molecule has 4 aromatic carbocycles. The number of hydrogen-bond donors (Lipinski definition) is 0. The Labute approximate surface area is 283 Å². The van der Waals surface area contributed by atoms with Crippen LogP contribution in [0.1, 0.15) is 56.2 Å². The number of carbonyl (C=O) groups excluding carboxylic acids is 1. The largest absolute Gasteiger partial charge is 0.489 e. The van der Waals surface area contributed by atoms with Crippen LogP contribution in [-0.2, 0) is 38.8 Å². The Kier molecular flexibility index (Phi) is 10.9. The Hall–Kier alpha value is -4.47. The molecule has 48 heavy (non-hydrogen) atoms. The van der Waals surface area contributed by atoms with Gasteiger partial charge in [-0.05, 0) is 65.6 Å². The highest BCUT2D eigenvalue weighted by atomic mass is 32.1. The fourth-order valence-corrected chi connectivity index (χ4v) is 6.89. The van der Waals surface area contributed by atoms with Gasteiger partial charge in [0.1, 0.15) is 23.1 Å². The summed E-state index contributed by atoms with van der Waals surface area (Å²) in [7, 11) is 0. The first kappa shape index (κ1) is 33.4. The lowest BCUT2D eigenvalue weighted by Gasteiger charge is -2.31. The second-order valence-corrected chi connectivity index (χ2v) is 13.3. The van der Waals surface area contributed by atoms with Gasteiger partial charge in [-0.25, -0.2) is 4.98 Å². The summed E-state index contributed by atoms with van der Waals surface area (Å²) < 4.78 is 46.4. The van der Waals surface area contributed by atoms with Crippen molar-refractivity contribution < 1.29 is 22.7 Å². The van der Waals surface area contributed by atoms with E-state index in [1.807, 2.05) is 65.6 Å². The first-order valence-electron chi connectivity index (χ1n) is 16.2. The van der Waals surface area contributed by atoms with Gasteiger partial charge in [0.15, 0.2) is 0 Å². The number of nitrogens with zero attached hydrogens (tertiary/aromatic N) is 3. The molecule has 5 aromatic rings. The maximum absolute atomic E-state index is 13.5. The molecule has 1 amide bonds. The van der Waals surface area contributed by atoms with Crippen molar-refractivity contribution in [1.82, 2.24) is 14.8 Å². The molecule has 0 radical (unpaired) electrons. The molecule has 2 heterocycles. The van der Waals surface area contributed by atoms with Gasteiger partial charge in [-0.1, -0.05) is 91.0 Å². The van der Waals surface area contributed by atoms with Crippen LogP contribution in [0.3, 0.4) is 0 Å². The molecule has 248 valence electrons. The molecule has 0 atom stereocenters. The van der Waals surface area contributed by atoms with Gasteiger partial charge in [-0.3, -0.25) is 9.69 Å². The maximum Gasteiger partial charge on any atom is 0.416 e. The molecular weight excluding hydrogens is 632 g/mol. The summed E-state index contributed by atoms with van der Waals surface area (Å²) in [6, 6.07) is 33.6. The normalized spacial score (nSPS) is 14.0. The first-order chi connectivity index (χ1) is 23.3. The second-order valence-electron chi connectivity index (χ2n) is 12.3. The van der Waals surface area contributed by atoms with Crippen LogP contribution < -0.4 is 4.74 Å². The third-order valence-electron chi connectivity index (χ3n) is 8.64. The van der Waals surface area contributed by atoms with Gasteiger partial charge >= 0.3 is 6.18 Å². The Bertz CT molecular complexity index is 1750. The summed E-state index contributed by atoms with van der Waals surface area (Å²) >= 11 is 1.41. The van der Waals surface area contributed by atoms with E-state index < -0.39 is 11.7 Å². The number of alkyl halides is 3. The van der Waals surface area contributed by atoms with Crippen LogP contribution in [-0.4, -0.2) is 33.8 Å². The molecule has 0 spiro atoms. The second kappa shape index (κ2) is 15.6. The predicted octanol–water partition coefficient (Wildman–Crippen LogP) is 9.04. The minimum absolute atomic E-state index is 0.0637. The van der Waals surface area contributed by atoms with Gasteiger partial charge < -0.3 is 9.64 Å². The lowest BCUT2D eigenvalue weighted by Crippen LogP contribution is -2.39. The molecule has 1 aromatic heterocycles. The summed E-state index contributed by atoms with van der Waals surface area (Å²) in [5.74, 6) is 1.22. The average Bonchev–Trinajstić information content (AvgIpc) is 3.57. The van der Waals surface area contributed by atoms with Gasteiger partial charge in [0, 0.05) is 31.6 Å². The lowest BCUT2D eigenvalue weighted by atomic mass is 9.90. The third kappa shape index (κ3) is 9.33. The summed E-state index contributed by atoms with van der Waals surface area (Å²) in [4.78, 5) is 22.0. The average molecular weight is 670 g/mol. The molecule has 9 heteroatoms. The summed E-state index contributed by atoms with van der Waals surface area (Å²) in [6.07, 6.45) is -1.48. The van der Waals surface area contributed by atoms with E-state index in [2.05, 4.69) is 29.2 Å². The molecule has 1 fully saturated rings. The van der Waals surface area contributed by atoms with Crippen LogP contribution in [0.15, 0.2) is 115 Å². The van der Waals surface area contributed by atoms with Gasteiger partial charge in [0.05, 0.1) is 12.1 Å². The van der Waals surface area contributed by atoms with Crippen molar-refractivity contribution in [3.8, 4) is 5.75 Å². The Morgan fingerprint density at radius 3 is 2.12 bits per heavy atom. The zero-order chi connectivity index (χ0) is 33.3. The van der Waals surface area contributed by atoms with E-state index in [0.29, 0.717) is 50.0 Å². The van der Waals surface area contributed by atoms with E-state index in [9.17, 15) is 18.0 Å². The molecular formula is C39H38F3N3O2S. The summed E-state index contributed by atoms with van der Waals surface area (Å²) in [5, 5.41) is 2.54. The Morgan fingerprint density at radius 1 is 0.792 bits per heavy atom. The number of carbonyl (C=O) groups is 1. The first-order valence-corrected chi connectivity index (χ1v) is 17.1. The summed E-state index contributed by atoms with van der Waals surface area (Å²) in [6.45, 7) is 3.02. The fraction of sp³-hybridized carbons (Fsp3) is 0.282.